The molecule has 4 atom stereocenters. The van der Waals surface area contributed by atoms with Gasteiger partial charge < -0.3 is 9.16 Å². The highest BCUT2D eigenvalue weighted by Crippen LogP contribution is 2.40. The summed E-state index contributed by atoms with van der Waals surface area (Å²) < 4.78 is 76.2. The van der Waals surface area contributed by atoms with E-state index in [2.05, 4.69) is 14.2 Å². The fraction of sp³-hybridized carbons (Fsp3) is 1.00. The van der Waals surface area contributed by atoms with Crippen LogP contribution in [0.15, 0.2) is 5.11 Å². The smallest absolute Gasteiger partial charge is 0.392 e. The number of hydrogen-bond donors (Lipinski definition) is 0. The second-order valence-corrected chi connectivity index (χ2v) is 13.9. The van der Waals surface area contributed by atoms with Crippen LogP contribution in [0.25, 0.3) is 10.4 Å². The molecule has 0 N–H and O–H groups in total. The van der Waals surface area contributed by atoms with Crippen molar-refractivity contribution in [3.63, 3.8) is 0 Å². The van der Waals surface area contributed by atoms with E-state index in [0.29, 0.717) is 0 Å². The molecule has 0 bridgehead atoms. The topological polar surface area (TPSA) is 111 Å². The molecule has 0 aromatic heterocycles. The van der Waals surface area contributed by atoms with Crippen LogP contribution in [0.3, 0.4) is 0 Å². The molecular weight excluding hydrogens is 395 g/mol. The van der Waals surface area contributed by atoms with Crippen molar-refractivity contribution in [2.24, 2.45) is 5.11 Å². The van der Waals surface area contributed by atoms with Crippen molar-refractivity contribution in [1.82, 2.24) is 0 Å². The van der Waals surface area contributed by atoms with Crippen LogP contribution in [0, 0.1) is 0 Å². The SMILES string of the molecule is C[C@@H]1O[C@H](O[Si](C)(C)C(C)(C)C)C[C@@H](N=[N+]=[N-])[C@@H]1OS(=O)(=O)C(F)(F)F. The van der Waals surface area contributed by atoms with E-state index in [1.165, 1.54) is 6.92 Å². The third-order valence-corrected chi connectivity index (χ3v) is 10.1. The van der Waals surface area contributed by atoms with Gasteiger partial charge >= 0.3 is 15.6 Å². The van der Waals surface area contributed by atoms with Crippen LogP contribution in [0.2, 0.25) is 18.1 Å². The second kappa shape index (κ2) is 7.64. The number of nitrogens with zero attached hydrogens (tertiary/aromatic N) is 3. The van der Waals surface area contributed by atoms with Crippen LogP contribution >= 0.6 is 0 Å². The quantitative estimate of drug-likeness (QED) is 0.167. The summed E-state index contributed by atoms with van der Waals surface area (Å²) in [6.45, 7) is 11.3. The zero-order chi connectivity index (χ0) is 20.6. The van der Waals surface area contributed by atoms with Crippen LogP contribution in [0.4, 0.5) is 13.2 Å². The molecule has 1 fully saturated rings. The summed E-state index contributed by atoms with van der Waals surface area (Å²) in [5, 5.41) is 3.25. The van der Waals surface area contributed by atoms with Crippen LogP contribution in [-0.2, 0) is 23.5 Å². The first-order chi connectivity index (χ1) is 11.5. The summed E-state index contributed by atoms with van der Waals surface area (Å²) in [4.78, 5) is 2.59. The minimum Gasteiger partial charge on any atom is -0.392 e. The molecule has 1 aliphatic rings. The monoisotopic (exact) mass is 419 g/mol. The Morgan fingerprint density at radius 2 is 1.81 bits per heavy atom. The lowest BCUT2D eigenvalue weighted by Crippen LogP contribution is -2.53. The van der Waals surface area contributed by atoms with Gasteiger partial charge in [0.05, 0.1) is 12.1 Å². The fourth-order valence-electron chi connectivity index (χ4n) is 2.12. The van der Waals surface area contributed by atoms with Gasteiger partial charge in [-0.1, -0.05) is 25.9 Å². The van der Waals surface area contributed by atoms with Gasteiger partial charge in [0.1, 0.15) is 12.4 Å². The van der Waals surface area contributed by atoms with E-state index in [4.69, 9.17) is 14.7 Å². The summed E-state index contributed by atoms with van der Waals surface area (Å²) in [6, 6.07) is -1.18. The van der Waals surface area contributed by atoms with E-state index in [-0.39, 0.29) is 11.5 Å². The standard InChI is InChI=1S/C13H24F3N3O5SSi/c1-8-11(23-25(20,21)13(14,15)16)9(18-19-17)7-10(22-8)24-26(5,6)12(2,3)4/h8-11H,7H2,1-6H3/t8-,9+,10+,11+/m0/s1. The van der Waals surface area contributed by atoms with Crippen molar-refractivity contribution < 1.29 is 34.9 Å². The average Bonchev–Trinajstić information content (AvgIpc) is 2.40. The van der Waals surface area contributed by atoms with Gasteiger partial charge in [-0.3, -0.25) is 4.18 Å². The van der Waals surface area contributed by atoms with Gasteiger partial charge in [0.25, 0.3) is 0 Å². The van der Waals surface area contributed by atoms with E-state index in [0.717, 1.165) is 0 Å². The van der Waals surface area contributed by atoms with Gasteiger partial charge in [-0.15, -0.1) is 0 Å². The van der Waals surface area contributed by atoms with Crippen molar-refractivity contribution in [1.29, 1.82) is 0 Å². The molecule has 0 radical (unpaired) electrons. The largest absolute Gasteiger partial charge is 0.523 e. The van der Waals surface area contributed by atoms with E-state index in [9.17, 15) is 21.6 Å². The molecule has 0 amide bonds. The molecule has 0 saturated carbocycles. The normalized spacial score (nSPS) is 28.5. The predicted octanol–water partition coefficient (Wildman–Crippen LogP) is 4.06. The molecule has 13 heteroatoms. The molecule has 1 heterocycles. The van der Waals surface area contributed by atoms with Crippen LogP contribution < -0.4 is 0 Å². The summed E-state index contributed by atoms with van der Waals surface area (Å²) in [5.74, 6) is 0. The predicted molar refractivity (Wildman–Crippen MR) is 90.0 cm³/mol. The third-order valence-electron chi connectivity index (χ3n) is 4.60. The van der Waals surface area contributed by atoms with Crippen molar-refractivity contribution in [3.05, 3.63) is 10.4 Å². The summed E-state index contributed by atoms with van der Waals surface area (Å²) in [6.07, 6.45) is -3.64. The fourth-order valence-corrected chi connectivity index (χ4v) is 3.97. The molecule has 8 nitrogen and oxygen atoms in total. The summed E-state index contributed by atoms with van der Waals surface area (Å²) in [7, 11) is -8.12. The van der Waals surface area contributed by atoms with Gasteiger partial charge in [0, 0.05) is 11.3 Å². The lowest BCUT2D eigenvalue weighted by molar-refractivity contribution is -0.187. The van der Waals surface area contributed by atoms with Gasteiger partial charge in [0.15, 0.2) is 8.32 Å². The summed E-state index contributed by atoms with van der Waals surface area (Å²) in [5.41, 5.74) is 3.11. The maximum Gasteiger partial charge on any atom is 0.523 e. The van der Waals surface area contributed by atoms with Crippen LogP contribution in [0.5, 0.6) is 0 Å². The van der Waals surface area contributed by atoms with E-state index in [1.54, 1.807) is 0 Å². The molecule has 1 aliphatic heterocycles. The number of azide groups is 1. The molecule has 1 saturated heterocycles. The maximum atomic E-state index is 12.6. The van der Waals surface area contributed by atoms with Gasteiger partial charge in [-0.25, -0.2) is 0 Å². The Morgan fingerprint density at radius 1 is 1.27 bits per heavy atom. The Morgan fingerprint density at radius 3 is 2.23 bits per heavy atom. The molecule has 0 aromatic rings. The Labute approximate surface area is 151 Å². The molecule has 0 spiro atoms. The minimum absolute atomic E-state index is 0.112. The van der Waals surface area contributed by atoms with E-state index in [1.807, 2.05) is 33.9 Å². The number of hydrogen-bond acceptors (Lipinski definition) is 6. The van der Waals surface area contributed by atoms with Crippen LogP contribution in [-0.4, -0.2) is 46.8 Å². The number of rotatable bonds is 5. The number of ether oxygens (including phenoxy) is 1. The zero-order valence-corrected chi connectivity index (χ0v) is 17.3. The first kappa shape index (κ1) is 23.2. The Bertz CT molecular complexity index is 659. The van der Waals surface area contributed by atoms with Gasteiger partial charge in [-0.05, 0) is 30.6 Å². The highest BCUT2D eigenvalue weighted by Gasteiger charge is 2.52. The average molecular weight is 419 g/mol. The molecule has 0 aliphatic carbocycles. The Hall–Kier alpha value is -0.853. The molecular formula is C13H24F3N3O5SSi. The Kier molecular flexibility index (Phi) is 6.81. The van der Waals surface area contributed by atoms with Gasteiger partial charge in [-0.2, -0.15) is 21.6 Å². The second-order valence-electron chi connectivity index (χ2n) is 7.62. The zero-order valence-electron chi connectivity index (χ0n) is 15.4. The molecule has 0 unspecified atom stereocenters. The Balaban J connectivity index is 3.03. The molecule has 1 rings (SSSR count). The van der Waals surface area contributed by atoms with Gasteiger partial charge in [0.2, 0.25) is 0 Å². The van der Waals surface area contributed by atoms with Crippen LogP contribution in [0.1, 0.15) is 34.1 Å². The minimum atomic E-state index is -5.85. The molecule has 26 heavy (non-hydrogen) atoms. The molecule has 152 valence electrons. The first-order valence-corrected chi connectivity index (χ1v) is 12.2. The third kappa shape index (κ3) is 5.33. The highest BCUT2D eigenvalue weighted by atomic mass is 32.2. The highest BCUT2D eigenvalue weighted by molar-refractivity contribution is 7.87. The number of halogens is 3. The maximum absolute atomic E-state index is 12.6. The number of alkyl halides is 3. The van der Waals surface area contributed by atoms with Crippen molar-refractivity contribution >= 4 is 18.4 Å². The van der Waals surface area contributed by atoms with Crippen molar-refractivity contribution in [2.75, 3.05) is 0 Å². The summed E-state index contributed by atoms with van der Waals surface area (Å²) >= 11 is 0. The van der Waals surface area contributed by atoms with E-state index < -0.39 is 48.5 Å². The van der Waals surface area contributed by atoms with E-state index >= 15 is 0 Å². The molecule has 0 aromatic carbocycles. The lowest BCUT2D eigenvalue weighted by Gasteiger charge is -2.44. The first-order valence-electron chi connectivity index (χ1n) is 7.89. The lowest BCUT2D eigenvalue weighted by atomic mass is 10.0. The van der Waals surface area contributed by atoms with Crippen molar-refractivity contribution in [3.8, 4) is 0 Å². The van der Waals surface area contributed by atoms with Crippen molar-refractivity contribution in [2.45, 2.75) is 82.3 Å².